The van der Waals surface area contributed by atoms with Crippen molar-refractivity contribution in [2.24, 2.45) is 0 Å². The molecule has 1 aliphatic rings. The van der Waals surface area contributed by atoms with E-state index in [9.17, 15) is 9.59 Å². The summed E-state index contributed by atoms with van der Waals surface area (Å²) in [4.78, 5) is 47.8. The molecular weight excluding hydrogens is 681 g/mol. The van der Waals surface area contributed by atoms with E-state index in [4.69, 9.17) is 22.7 Å². The Kier molecular flexibility index (Phi) is 8.16. The minimum atomic E-state index is -0.431. The van der Waals surface area contributed by atoms with Crippen LogP contribution in [0.3, 0.4) is 0 Å². The Labute approximate surface area is 301 Å². The molecule has 52 heavy (non-hydrogen) atoms. The third-order valence-electron chi connectivity index (χ3n) is 8.99. The number of nitrogens with zero attached hydrogens (tertiary/aromatic N) is 10. The van der Waals surface area contributed by atoms with Crippen molar-refractivity contribution in [3.8, 4) is 23.0 Å². The normalized spacial score (nSPS) is 13.1. The maximum absolute atomic E-state index is 13.0. The summed E-state index contributed by atoms with van der Waals surface area (Å²) in [6.07, 6.45) is 6.04. The van der Waals surface area contributed by atoms with Crippen LogP contribution >= 0.6 is 12.2 Å². The summed E-state index contributed by atoms with van der Waals surface area (Å²) in [6, 6.07) is 19.3. The molecule has 6 heterocycles. The SMILES string of the molecule is Cc1cc(Nc2ncnc3ccc(N)c(N4CC(N(C)C)C4)c23)ccc1Oc1cc2nc(-c3ccn(C(=S)n4ccccc4=O)c(=O)c3)nn2cn1. The lowest BCUT2D eigenvalue weighted by molar-refractivity contribution is 0.247. The van der Waals surface area contributed by atoms with Crippen LogP contribution in [0, 0.1) is 6.92 Å². The van der Waals surface area contributed by atoms with Crippen molar-refractivity contribution in [1.82, 2.24) is 43.6 Å². The zero-order valence-corrected chi connectivity index (χ0v) is 29.2. The quantitative estimate of drug-likeness (QED) is 0.181. The second kappa shape index (κ2) is 13.0. The molecule has 0 unspecified atom stereocenters. The molecule has 2 aromatic carbocycles. The van der Waals surface area contributed by atoms with E-state index in [2.05, 4.69) is 54.2 Å². The third kappa shape index (κ3) is 5.99. The standard InChI is InChI=1S/C36H32N12O3S/c1-21-14-23(41-35-32-26(38-19-39-35)9-8-25(37)33(32)45-17-24(18-45)44(2)3)7-10-27(21)51-29-16-28-42-34(43-48(28)20-40-29)22-11-13-47(31(50)15-22)36(52)46-12-5-4-6-30(46)49/h4-16,19-20,24H,17-18,37H2,1-3H3,(H,38,39,41). The first kappa shape index (κ1) is 32.7. The van der Waals surface area contributed by atoms with Crippen molar-refractivity contribution < 1.29 is 4.74 Å². The average molecular weight is 713 g/mol. The smallest absolute Gasteiger partial charge is 0.257 e. The zero-order chi connectivity index (χ0) is 36.1. The van der Waals surface area contributed by atoms with E-state index in [1.54, 1.807) is 30.6 Å². The Bertz CT molecular complexity index is 2650. The molecular formula is C36H32N12O3S. The predicted molar refractivity (Wildman–Crippen MR) is 203 cm³/mol. The lowest BCUT2D eigenvalue weighted by Gasteiger charge is -2.45. The Morgan fingerprint density at radius 1 is 0.962 bits per heavy atom. The fraction of sp³-hybridized carbons (Fsp3) is 0.167. The number of thiocarbonyl (C=S) groups is 1. The number of aromatic nitrogens is 8. The molecule has 3 N–H and O–H groups in total. The molecule has 1 aliphatic heterocycles. The van der Waals surface area contributed by atoms with E-state index in [-0.39, 0.29) is 10.7 Å². The molecule has 7 aromatic rings. The zero-order valence-electron chi connectivity index (χ0n) is 28.3. The summed E-state index contributed by atoms with van der Waals surface area (Å²) in [6.45, 7) is 3.68. The van der Waals surface area contributed by atoms with Gasteiger partial charge in [-0.2, -0.15) is 0 Å². The van der Waals surface area contributed by atoms with Crippen LogP contribution in [0.15, 0.2) is 101 Å². The fourth-order valence-corrected chi connectivity index (χ4v) is 6.38. The lowest BCUT2D eigenvalue weighted by atomic mass is 10.0. The predicted octanol–water partition coefficient (Wildman–Crippen LogP) is 3.92. The van der Waals surface area contributed by atoms with Crippen LogP contribution in [-0.2, 0) is 0 Å². The van der Waals surface area contributed by atoms with Gasteiger partial charge in [-0.05, 0) is 81.3 Å². The number of pyridine rings is 2. The van der Waals surface area contributed by atoms with Crippen molar-refractivity contribution >= 4 is 56.8 Å². The van der Waals surface area contributed by atoms with E-state index in [1.807, 2.05) is 37.3 Å². The molecule has 1 fully saturated rings. The molecule has 15 nitrogen and oxygen atoms in total. The summed E-state index contributed by atoms with van der Waals surface area (Å²) in [5.74, 6) is 1.89. The number of fused-ring (bicyclic) bond motifs is 2. The highest BCUT2D eigenvalue weighted by Gasteiger charge is 2.31. The van der Waals surface area contributed by atoms with Gasteiger partial charge in [-0.1, -0.05) is 6.07 Å². The summed E-state index contributed by atoms with van der Waals surface area (Å²) in [5.41, 5.74) is 10.8. The molecule has 0 aliphatic carbocycles. The minimum Gasteiger partial charge on any atom is -0.439 e. The van der Waals surface area contributed by atoms with Crippen LogP contribution in [0.4, 0.5) is 22.9 Å². The highest BCUT2D eigenvalue weighted by atomic mass is 32.1. The Balaban J connectivity index is 1.01. The molecule has 0 saturated carbocycles. The van der Waals surface area contributed by atoms with Gasteiger partial charge in [0.2, 0.25) is 5.88 Å². The van der Waals surface area contributed by atoms with E-state index < -0.39 is 5.56 Å². The number of likely N-dealkylation sites (N-methyl/N-ethyl adjacent to an activating group) is 1. The van der Waals surface area contributed by atoms with Gasteiger partial charge >= 0.3 is 0 Å². The number of hydrogen-bond donors (Lipinski definition) is 2. The first-order valence-corrected chi connectivity index (χ1v) is 16.7. The van der Waals surface area contributed by atoms with Gasteiger partial charge in [0, 0.05) is 61.0 Å². The number of ether oxygens (including phenoxy) is 1. The molecule has 1 saturated heterocycles. The van der Waals surface area contributed by atoms with Crippen molar-refractivity contribution in [1.29, 1.82) is 0 Å². The lowest BCUT2D eigenvalue weighted by Crippen LogP contribution is -2.57. The summed E-state index contributed by atoms with van der Waals surface area (Å²) in [5, 5.41) is 8.85. The number of anilines is 4. The van der Waals surface area contributed by atoms with Crippen molar-refractivity contribution in [3.63, 3.8) is 0 Å². The number of aryl methyl sites for hydroxylation is 1. The van der Waals surface area contributed by atoms with Crippen LogP contribution in [0.5, 0.6) is 11.6 Å². The number of rotatable bonds is 7. The number of hydrogen-bond acceptors (Lipinski definition) is 13. The summed E-state index contributed by atoms with van der Waals surface area (Å²) in [7, 11) is 4.17. The number of benzene rings is 2. The second-order valence-electron chi connectivity index (χ2n) is 12.6. The van der Waals surface area contributed by atoms with Crippen LogP contribution in [0.2, 0.25) is 0 Å². The number of nitrogen functional groups attached to an aromatic ring is 1. The Morgan fingerprint density at radius 3 is 2.56 bits per heavy atom. The monoisotopic (exact) mass is 712 g/mol. The molecule has 0 radical (unpaired) electrons. The number of nitrogens with two attached hydrogens (primary N) is 1. The molecule has 5 aromatic heterocycles. The van der Waals surface area contributed by atoms with Gasteiger partial charge in [-0.25, -0.2) is 24.5 Å². The van der Waals surface area contributed by atoms with Gasteiger partial charge in [-0.15, -0.1) is 5.10 Å². The molecule has 8 rings (SSSR count). The molecule has 260 valence electrons. The topological polar surface area (TPSA) is 167 Å². The van der Waals surface area contributed by atoms with Crippen molar-refractivity contribution in [3.05, 3.63) is 118 Å². The van der Waals surface area contributed by atoms with E-state index in [0.717, 1.165) is 40.9 Å². The van der Waals surface area contributed by atoms with Crippen LogP contribution < -0.4 is 31.8 Å². The average Bonchev–Trinajstić information content (AvgIpc) is 3.53. The highest BCUT2D eigenvalue weighted by molar-refractivity contribution is 7.80. The molecule has 0 bridgehead atoms. The van der Waals surface area contributed by atoms with Crippen molar-refractivity contribution in [2.75, 3.05) is 43.1 Å². The Morgan fingerprint density at radius 2 is 1.79 bits per heavy atom. The molecule has 0 amide bonds. The summed E-state index contributed by atoms with van der Waals surface area (Å²) < 4.78 is 10.1. The minimum absolute atomic E-state index is 0.0395. The second-order valence-corrected chi connectivity index (χ2v) is 13.0. The van der Waals surface area contributed by atoms with E-state index in [0.29, 0.717) is 46.2 Å². The van der Waals surface area contributed by atoms with E-state index in [1.165, 1.54) is 44.5 Å². The molecule has 16 heteroatoms. The first-order chi connectivity index (χ1) is 25.1. The molecule has 0 spiro atoms. The largest absolute Gasteiger partial charge is 0.439 e. The fourth-order valence-electron chi connectivity index (χ4n) is 6.08. The summed E-state index contributed by atoms with van der Waals surface area (Å²) >= 11 is 5.39. The van der Waals surface area contributed by atoms with Gasteiger partial charge in [0.1, 0.15) is 24.2 Å². The Hall–Kier alpha value is -6.52. The van der Waals surface area contributed by atoms with Gasteiger partial charge < -0.3 is 25.6 Å². The molecule has 0 atom stereocenters. The van der Waals surface area contributed by atoms with Gasteiger partial charge in [0.25, 0.3) is 11.1 Å². The third-order valence-corrected chi connectivity index (χ3v) is 9.38. The van der Waals surface area contributed by atoms with Crippen LogP contribution in [0.25, 0.3) is 27.9 Å². The first-order valence-electron chi connectivity index (χ1n) is 16.3. The van der Waals surface area contributed by atoms with Gasteiger partial charge in [0.15, 0.2) is 16.6 Å². The van der Waals surface area contributed by atoms with Crippen LogP contribution in [0.1, 0.15) is 5.56 Å². The van der Waals surface area contributed by atoms with Crippen LogP contribution in [-0.4, -0.2) is 81.9 Å². The van der Waals surface area contributed by atoms with Gasteiger partial charge in [-0.3, -0.25) is 18.7 Å². The number of nitrogens with one attached hydrogen (secondary N) is 1. The van der Waals surface area contributed by atoms with Crippen molar-refractivity contribution in [2.45, 2.75) is 13.0 Å². The maximum atomic E-state index is 13.0. The highest BCUT2D eigenvalue weighted by Crippen LogP contribution is 2.39. The van der Waals surface area contributed by atoms with Gasteiger partial charge in [0.05, 0.1) is 22.3 Å². The van der Waals surface area contributed by atoms with E-state index >= 15 is 0 Å². The maximum Gasteiger partial charge on any atom is 0.257 e.